The summed E-state index contributed by atoms with van der Waals surface area (Å²) in [6, 6.07) is 4.72. The fourth-order valence-corrected chi connectivity index (χ4v) is 1.44. The maximum absolute atomic E-state index is 13.0. The molecule has 3 N–H and O–H groups in total. The normalized spacial score (nSPS) is 12.2. The van der Waals surface area contributed by atoms with Gasteiger partial charge in [0.15, 0.2) is 0 Å². The van der Waals surface area contributed by atoms with Crippen molar-refractivity contribution in [2.75, 3.05) is 13.1 Å². The van der Waals surface area contributed by atoms with Crippen LogP contribution in [0.15, 0.2) is 18.2 Å². The molecule has 1 amide bonds. The molecule has 0 spiro atoms. The number of carbonyl (C=O) groups is 1. The lowest BCUT2D eigenvalue weighted by Gasteiger charge is -2.10. The molecule has 0 saturated heterocycles. The van der Waals surface area contributed by atoms with Gasteiger partial charge < -0.3 is 11.1 Å². The van der Waals surface area contributed by atoms with E-state index in [0.717, 1.165) is 5.56 Å². The molecule has 0 aromatic heterocycles. The van der Waals surface area contributed by atoms with Gasteiger partial charge in [-0.25, -0.2) is 4.39 Å². The van der Waals surface area contributed by atoms with E-state index in [1.807, 2.05) is 6.92 Å². The molecule has 3 nitrogen and oxygen atoms in total. The highest BCUT2D eigenvalue weighted by Crippen LogP contribution is 2.09. The van der Waals surface area contributed by atoms with Crippen LogP contribution in [-0.2, 0) is 11.2 Å². The predicted molar refractivity (Wildman–Crippen MR) is 66.1 cm³/mol. The third-order valence-electron chi connectivity index (χ3n) is 2.64. The molecule has 0 saturated carbocycles. The second-order valence-electron chi connectivity index (χ2n) is 4.41. The van der Waals surface area contributed by atoms with E-state index >= 15 is 0 Å². The van der Waals surface area contributed by atoms with Crippen molar-refractivity contribution in [2.45, 2.75) is 20.3 Å². The lowest BCUT2D eigenvalue weighted by atomic mass is 10.1. The van der Waals surface area contributed by atoms with Crippen LogP contribution in [0.3, 0.4) is 0 Å². The standard InChI is InChI=1S/C13H19FN2O/c1-9(7-15)8-16-13(17)6-11-3-4-12(14)10(2)5-11/h3-5,9H,6-8,15H2,1-2H3,(H,16,17). The SMILES string of the molecule is Cc1cc(CC(=O)NCC(C)CN)ccc1F. The van der Waals surface area contributed by atoms with Crippen LogP contribution in [-0.4, -0.2) is 19.0 Å². The highest BCUT2D eigenvalue weighted by molar-refractivity contribution is 5.78. The van der Waals surface area contributed by atoms with E-state index in [2.05, 4.69) is 5.32 Å². The Hall–Kier alpha value is -1.42. The number of hydrogen-bond donors (Lipinski definition) is 2. The number of aryl methyl sites for hydroxylation is 1. The van der Waals surface area contributed by atoms with Gasteiger partial charge in [-0.2, -0.15) is 0 Å². The summed E-state index contributed by atoms with van der Waals surface area (Å²) in [6.07, 6.45) is 0.276. The molecular formula is C13H19FN2O. The molecule has 4 heteroatoms. The minimum absolute atomic E-state index is 0.0590. The fraction of sp³-hybridized carbons (Fsp3) is 0.462. The Labute approximate surface area is 101 Å². The Bertz CT molecular complexity index is 393. The van der Waals surface area contributed by atoms with Crippen molar-refractivity contribution in [2.24, 2.45) is 11.7 Å². The van der Waals surface area contributed by atoms with Gasteiger partial charge in [0.2, 0.25) is 5.91 Å². The Kier molecular flexibility index (Phi) is 5.10. The number of nitrogens with two attached hydrogens (primary N) is 1. The highest BCUT2D eigenvalue weighted by atomic mass is 19.1. The Morgan fingerprint density at radius 3 is 2.82 bits per heavy atom. The number of benzene rings is 1. The fourth-order valence-electron chi connectivity index (χ4n) is 1.44. The molecule has 1 rings (SSSR count). The molecule has 1 aromatic carbocycles. The first kappa shape index (κ1) is 13.6. The van der Waals surface area contributed by atoms with Crippen molar-refractivity contribution in [3.8, 4) is 0 Å². The van der Waals surface area contributed by atoms with E-state index in [-0.39, 0.29) is 24.1 Å². The van der Waals surface area contributed by atoms with Gasteiger partial charge in [0.1, 0.15) is 5.82 Å². The lowest BCUT2D eigenvalue weighted by molar-refractivity contribution is -0.120. The first-order chi connectivity index (χ1) is 8.02. The van der Waals surface area contributed by atoms with Gasteiger partial charge in [0.25, 0.3) is 0 Å². The summed E-state index contributed by atoms with van der Waals surface area (Å²) in [5.74, 6) is -0.0314. The zero-order valence-electron chi connectivity index (χ0n) is 10.3. The topological polar surface area (TPSA) is 55.1 Å². The van der Waals surface area contributed by atoms with Gasteiger partial charge in [-0.1, -0.05) is 19.1 Å². The zero-order valence-corrected chi connectivity index (χ0v) is 10.3. The molecule has 94 valence electrons. The molecule has 17 heavy (non-hydrogen) atoms. The van der Waals surface area contributed by atoms with Crippen molar-refractivity contribution in [1.29, 1.82) is 0 Å². The number of hydrogen-bond acceptors (Lipinski definition) is 2. The van der Waals surface area contributed by atoms with Crippen LogP contribution in [0.5, 0.6) is 0 Å². The Morgan fingerprint density at radius 2 is 2.24 bits per heavy atom. The number of carbonyl (C=O) groups excluding carboxylic acids is 1. The average molecular weight is 238 g/mol. The number of amides is 1. The molecular weight excluding hydrogens is 219 g/mol. The molecule has 0 bridgehead atoms. The summed E-state index contributed by atoms with van der Waals surface area (Å²) in [5, 5.41) is 2.80. The highest BCUT2D eigenvalue weighted by Gasteiger charge is 2.06. The third kappa shape index (κ3) is 4.53. The van der Waals surface area contributed by atoms with Gasteiger partial charge >= 0.3 is 0 Å². The molecule has 0 aliphatic heterocycles. The quantitative estimate of drug-likeness (QED) is 0.814. The monoisotopic (exact) mass is 238 g/mol. The Morgan fingerprint density at radius 1 is 1.53 bits per heavy atom. The van der Waals surface area contributed by atoms with Crippen LogP contribution in [0.25, 0.3) is 0 Å². The van der Waals surface area contributed by atoms with E-state index in [0.29, 0.717) is 18.7 Å². The van der Waals surface area contributed by atoms with Gasteiger partial charge in [-0.05, 0) is 36.6 Å². The maximum atomic E-state index is 13.0. The summed E-state index contributed by atoms with van der Waals surface area (Å²) in [7, 11) is 0. The van der Waals surface area contributed by atoms with Crippen LogP contribution < -0.4 is 11.1 Å². The van der Waals surface area contributed by atoms with E-state index in [1.165, 1.54) is 6.07 Å². The Balaban J connectivity index is 2.48. The third-order valence-corrected chi connectivity index (χ3v) is 2.64. The van der Waals surface area contributed by atoms with Crippen LogP contribution in [0.4, 0.5) is 4.39 Å². The van der Waals surface area contributed by atoms with Crippen molar-refractivity contribution in [3.05, 3.63) is 35.1 Å². The minimum atomic E-state index is -0.245. The second-order valence-corrected chi connectivity index (χ2v) is 4.41. The van der Waals surface area contributed by atoms with Crippen molar-refractivity contribution in [3.63, 3.8) is 0 Å². The second kappa shape index (κ2) is 6.35. The zero-order chi connectivity index (χ0) is 12.8. The van der Waals surface area contributed by atoms with Crippen molar-refractivity contribution < 1.29 is 9.18 Å². The van der Waals surface area contributed by atoms with Crippen LogP contribution in [0.2, 0.25) is 0 Å². The van der Waals surface area contributed by atoms with Crippen LogP contribution in [0.1, 0.15) is 18.1 Å². The van der Waals surface area contributed by atoms with Gasteiger partial charge in [-0.15, -0.1) is 0 Å². The summed E-state index contributed by atoms with van der Waals surface area (Å²) in [6.45, 7) is 4.79. The van der Waals surface area contributed by atoms with Gasteiger partial charge in [-0.3, -0.25) is 4.79 Å². The predicted octanol–water partition coefficient (Wildman–Crippen LogP) is 1.39. The first-order valence-corrected chi connectivity index (χ1v) is 5.74. The largest absolute Gasteiger partial charge is 0.356 e. The van der Waals surface area contributed by atoms with Gasteiger partial charge in [0, 0.05) is 6.54 Å². The van der Waals surface area contributed by atoms with Crippen LogP contribution >= 0.6 is 0 Å². The molecule has 0 fully saturated rings. The first-order valence-electron chi connectivity index (χ1n) is 5.74. The molecule has 1 unspecified atom stereocenters. The van der Waals surface area contributed by atoms with E-state index in [1.54, 1.807) is 19.1 Å². The number of rotatable bonds is 5. The minimum Gasteiger partial charge on any atom is -0.356 e. The van der Waals surface area contributed by atoms with E-state index in [4.69, 9.17) is 5.73 Å². The van der Waals surface area contributed by atoms with E-state index < -0.39 is 0 Å². The van der Waals surface area contributed by atoms with Crippen molar-refractivity contribution in [1.82, 2.24) is 5.32 Å². The molecule has 0 aliphatic carbocycles. The molecule has 0 radical (unpaired) electrons. The molecule has 1 aromatic rings. The lowest BCUT2D eigenvalue weighted by Crippen LogP contribution is -2.32. The van der Waals surface area contributed by atoms with Crippen LogP contribution in [0, 0.1) is 18.7 Å². The summed E-state index contributed by atoms with van der Waals surface area (Å²) < 4.78 is 13.0. The number of nitrogens with one attached hydrogen (secondary N) is 1. The molecule has 0 heterocycles. The van der Waals surface area contributed by atoms with Crippen molar-refractivity contribution >= 4 is 5.91 Å². The summed E-state index contributed by atoms with van der Waals surface area (Å²) >= 11 is 0. The average Bonchev–Trinajstić information content (AvgIpc) is 2.31. The number of halogens is 1. The summed E-state index contributed by atoms with van der Waals surface area (Å²) in [5.41, 5.74) is 6.84. The maximum Gasteiger partial charge on any atom is 0.224 e. The summed E-state index contributed by atoms with van der Waals surface area (Å²) in [4.78, 5) is 11.6. The molecule has 0 aliphatic rings. The molecule has 1 atom stereocenters. The smallest absolute Gasteiger partial charge is 0.224 e. The van der Waals surface area contributed by atoms with E-state index in [9.17, 15) is 9.18 Å². The van der Waals surface area contributed by atoms with Gasteiger partial charge in [0.05, 0.1) is 6.42 Å².